The quantitative estimate of drug-likeness (QED) is 0.180. The summed E-state index contributed by atoms with van der Waals surface area (Å²) in [5, 5.41) is 2.25. The van der Waals surface area contributed by atoms with Crippen LogP contribution in [0.15, 0.2) is 138 Å². The summed E-state index contributed by atoms with van der Waals surface area (Å²) in [6.07, 6.45) is 0. The highest BCUT2D eigenvalue weighted by molar-refractivity contribution is 6.62. The van der Waals surface area contributed by atoms with Crippen LogP contribution >= 0.6 is 0 Å². The van der Waals surface area contributed by atoms with Crippen molar-refractivity contribution in [1.29, 1.82) is 0 Å². The molecule has 0 atom stereocenters. The van der Waals surface area contributed by atoms with Crippen LogP contribution in [0.3, 0.4) is 0 Å². The van der Waals surface area contributed by atoms with E-state index >= 15 is 0 Å². The van der Waals surface area contributed by atoms with Crippen molar-refractivity contribution in [2.75, 3.05) is 4.90 Å². The van der Waals surface area contributed by atoms with Crippen molar-refractivity contribution in [2.45, 2.75) is 44.3 Å². The van der Waals surface area contributed by atoms with E-state index in [9.17, 15) is 0 Å². The lowest BCUT2D eigenvalue weighted by Crippen LogP contribution is -2.41. The first-order valence-electron chi connectivity index (χ1n) is 16.8. The number of furan rings is 1. The monoisotopic (exact) mass is 623 g/mol. The van der Waals surface area contributed by atoms with Crippen molar-refractivity contribution in [3.8, 4) is 11.1 Å². The van der Waals surface area contributed by atoms with Gasteiger partial charge in [0.2, 0.25) is 0 Å². The van der Waals surface area contributed by atoms with Crippen molar-refractivity contribution in [2.24, 2.45) is 0 Å². The van der Waals surface area contributed by atoms with Crippen LogP contribution in [0.4, 0.5) is 17.1 Å². The van der Waals surface area contributed by atoms with Gasteiger partial charge in [0, 0.05) is 22.5 Å². The second-order valence-electron chi connectivity index (χ2n) is 14.3. The molecule has 3 heterocycles. The maximum atomic E-state index is 6.55. The Kier molecular flexibility index (Phi) is 5.54. The zero-order valence-corrected chi connectivity index (χ0v) is 27.5. The number of hydrogen-bond donors (Lipinski definition) is 0. The summed E-state index contributed by atoms with van der Waals surface area (Å²) < 4.78 is 19.4. The lowest BCUT2D eigenvalue weighted by atomic mass is 9.64. The number of hydrogen-bond acceptors (Lipinski definition) is 4. The van der Waals surface area contributed by atoms with E-state index < -0.39 is 23.7 Å². The van der Waals surface area contributed by atoms with Crippen molar-refractivity contribution in [3.63, 3.8) is 0 Å². The van der Waals surface area contributed by atoms with Crippen LogP contribution < -0.4 is 10.4 Å². The number of nitrogens with zero attached hydrogens (tertiary/aromatic N) is 1. The smallest absolute Gasteiger partial charge is 0.456 e. The molecule has 4 nitrogen and oxygen atoms in total. The number of para-hydroxylation sites is 2. The fourth-order valence-corrected chi connectivity index (χ4v) is 8.36. The average molecular weight is 624 g/mol. The minimum Gasteiger partial charge on any atom is -0.456 e. The third-order valence-corrected chi connectivity index (χ3v) is 11.3. The maximum Gasteiger partial charge on any atom is 0.494 e. The summed E-state index contributed by atoms with van der Waals surface area (Å²) >= 11 is 0. The standard InChI is InChI=1S/C43H34BNO3/c1-41(2)42(3,4)48-44(47-41)27-21-23-28(24-22-27)45-37-19-11-10-18-35(37)43(33-16-8-5-13-29(33)30-14-6-9-17-34(30)43)36-25-32-31-15-7-12-20-39(31)46-40(32)26-38(36)45/h5-26H,1-4H3. The summed E-state index contributed by atoms with van der Waals surface area (Å²) in [6, 6.07) is 48.5. The van der Waals surface area contributed by atoms with Gasteiger partial charge in [0.05, 0.1) is 28.0 Å². The normalized spacial score (nSPS) is 17.8. The van der Waals surface area contributed by atoms with Gasteiger partial charge in [-0.1, -0.05) is 97.1 Å². The Bertz CT molecular complexity index is 2380. The first kappa shape index (κ1) is 28.0. The van der Waals surface area contributed by atoms with E-state index in [4.69, 9.17) is 13.7 Å². The van der Waals surface area contributed by atoms with E-state index in [1.807, 2.05) is 6.07 Å². The molecule has 0 N–H and O–H groups in total. The highest BCUT2D eigenvalue weighted by Gasteiger charge is 2.53. The molecule has 7 aromatic rings. The van der Waals surface area contributed by atoms with Crippen molar-refractivity contribution >= 4 is 51.6 Å². The number of anilines is 3. The molecule has 0 unspecified atom stereocenters. The Labute approximate surface area is 280 Å². The average Bonchev–Trinajstić information content (AvgIpc) is 3.69. The lowest BCUT2D eigenvalue weighted by molar-refractivity contribution is 0.00578. The maximum absolute atomic E-state index is 6.55. The third kappa shape index (κ3) is 3.53. The Morgan fingerprint density at radius 1 is 0.500 bits per heavy atom. The van der Waals surface area contributed by atoms with Gasteiger partial charge in [-0.3, -0.25) is 0 Å². The third-order valence-electron chi connectivity index (χ3n) is 11.3. The molecule has 2 aliphatic heterocycles. The zero-order chi connectivity index (χ0) is 32.4. The molecule has 3 aliphatic rings. The number of fused-ring (bicyclic) bond motifs is 12. The van der Waals surface area contributed by atoms with Crippen LogP contribution in [0, 0.1) is 0 Å². The van der Waals surface area contributed by atoms with Crippen molar-refractivity contribution in [3.05, 3.63) is 156 Å². The SMILES string of the molecule is CC1(C)OB(c2ccc(N3c4ccccc4C4(c5ccccc5-c5ccccc54)c4cc5c(cc43)oc3ccccc35)cc2)OC1(C)C. The Hall–Kier alpha value is -5.10. The summed E-state index contributed by atoms with van der Waals surface area (Å²) in [5.41, 5.74) is 12.5. The van der Waals surface area contributed by atoms with Gasteiger partial charge in [-0.2, -0.15) is 0 Å². The predicted octanol–water partition coefficient (Wildman–Crippen LogP) is 10.0. The first-order chi connectivity index (χ1) is 23.3. The molecule has 1 saturated heterocycles. The Morgan fingerprint density at radius 2 is 1.08 bits per heavy atom. The summed E-state index contributed by atoms with van der Waals surface area (Å²) in [4.78, 5) is 2.40. The number of benzene rings is 6. The van der Waals surface area contributed by atoms with Gasteiger partial charge < -0.3 is 18.6 Å². The molecular formula is C43H34BNO3. The van der Waals surface area contributed by atoms with E-state index in [0.29, 0.717) is 0 Å². The molecule has 0 amide bonds. The topological polar surface area (TPSA) is 34.8 Å². The van der Waals surface area contributed by atoms with Crippen LogP contribution in [-0.2, 0) is 14.7 Å². The second kappa shape index (κ2) is 9.50. The van der Waals surface area contributed by atoms with Crippen molar-refractivity contribution in [1.82, 2.24) is 0 Å². The first-order valence-corrected chi connectivity index (χ1v) is 16.8. The van der Waals surface area contributed by atoms with E-state index in [1.165, 1.54) is 33.4 Å². The summed E-state index contributed by atoms with van der Waals surface area (Å²) in [6.45, 7) is 8.38. The van der Waals surface area contributed by atoms with Gasteiger partial charge in [0.15, 0.2) is 0 Å². The largest absolute Gasteiger partial charge is 0.494 e. The van der Waals surface area contributed by atoms with Crippen LogP contribution in [0.2, 0.25) is 0 Å². The van der Waals surface area contributed by atoms with Gasteiger partial charge in [-0.15, -0.1) is 0 Å². The molecule has 10 rings (SSSR count). The van der Waals surface area contributed by atoms with E-state index in [-0.39, 0.29) is 0 Å². The minimum atomic E-state index is -0.509. The molecule has 0 radical (unpaired) electrons. The molecule has 1 spiro atoms. The fraction of sp³-hybridized carbons (Fsp3) is 0.163. The van der Waals surface area contributed by atoms with Crippen LogP contribution in [0.1, 0.15) is 49.9 Å². The minimum absolute atomic E-state index is 0.402. The van der Waals surface area contributed by atoms with Gasteiger partial charge >= 0.3 is 7.12 Å². The molecule has 5 heteroatoms. The van der Waals surface area contributed by atoms with E-state index in [2.05, 4.69) is 160 Å². The Balaban J connectivity index is 1.25. The van der Waals surface area contributed by atoms with E-state index in [0.717, 1.165) is 44.5 Å². The molecule has 6 aromatic carbocycles. The number of rotatable bonds is 2. The molecule has 1 fully saturated rings. The van der Waals surface area contributed by atoms with Crippen molar-refractivity contribution < 1.29 is 13.7 Å². The van der Waals surface area contributed by atoms with Gasteiger partial charge in [0.25, 0.3) is 0 Å². The fourth-order valence-electron chi connectivity index (χ4n) is 8.36. The lowest BCUT2D eigenvalue weighted by Gasteiger charge is -2.45. The second-order valence-corrected chi connectivity index (χ2v) is 14.3. The van der Waals surface area contributed by atoms with E-state index in [1.54, 1.807) is 0 Å². The summed E-state index contributed by atoms with van der Waals surface area (Å²) in [7, 11) is -0.421. The van der Waals surface area contributed by atoms with Gasteiger partial charge in [-0.25, -0.2) is 0 Å². The molecule has 48 heavy (non-hydrogen) atoms. The van der Waals surface area contributed by atoms with Crippen LogP contribution in [0.5, 0.6) is 0 Å². The molecule has 0 bridgehead atoms. The molecule has 1 aromatic heterocycles. The molecule has 0 saturated carbocycles. The van der Waals surface area contributed by atoms with Gasteiger partial charge in [-0.05, 0) is 96.9 Å². The Morgan fingerprint density at radius 3 is 1.77 bits per heavy atom. The van der Waals surface area contributed by atoms with Gasteiger partial charge in [0.1, 0.15) is 11.2 Å². The molecular weight excluding hydrogens is 589 g/mol. The molecule has 232 valence electrons. The summed E-state index contributed by atoms with van der Waals surface area (Å²) in [5.74, 6) is 0. The van der Waals surface area contributed by atoms with Crippen LogP contribution in [-0.4, -0.2) is 18.3 Å². The predicted molar refractivity (Wildman–Crippen MR) is 195 cm³/mol. The zero-order valence-electron chi connectivity index (χ0n) is 27.5. The highest BCUT2D eigenvalue weighted by Crippen LogP contribution is 2.64. The van der Waals surface area contributed by atoms with Crippen LogP contribution in [0.25, 0.3) is 33.1 Å². The highest BCUT2D eigenvalue weighted by atomic mass is 16.7. The molecule has 1 aliphatic carbocycles.